The molecule has 1 aliphatic heterocycles. The lowest BCUT2D eigenvalue weighted by molar-refractivity contribution is 0.0649. The quantitative estimate of drug-likeness (QED) is 0.935. The van der Waals surface area contributed by atoms with Gasteiger partial charge in [0.05, 0.1) is 7.11 Å². The van der Waals surface area contributed by atoms with Gasteiger partial charge in [0, 0.05) is 31.9 Å². The lowest BCUT2D eigenvalue weighted by Gasteiger charge is -2.33. The standard InChI is InChI=1S/C17H22N4O2/c1-12-4-5-16(23-3)15(10-12)21-8-6-14(19-21)17(22)20-9-7-18-11-13(20)2/h4-6,8,10,13,18H,7,9,11H2,1-3H3/t13-/m0/s1. The highest BCUT2D eigenvalue weighted by atomic mass is 16.5. The second kappa shape index (κ2) is 6.42. The molecule has 2 aromatic rings. The van der Waals surface area contributed by atoms with Crippen LogP contribution in [0, 0.1) is 6.92 Å². The number of rotatable bonds is 3. The van der Waals surface area contributed by atoms with Gasteiger partial charge < -0.3 is 15.0 Å². The average Bonchev–Trinajstić information content (AvgIpc) is 3.04. The molecule has 23 heavy (non-hydrogen) atoms. The smallest absolute Gasteiger partial charge is 0.274 e. The monoisotopic (exact) mass is 314 g/mol. The molecule has 1 aromatic heterocycles. The van der Waals surface area contributed by atoms with Gasteiger partial charge in [-0.05, 0) is 37.6 Å². The fraction of sp³-hybridized carbons (Fsp3) is 0.412. The van der Waals surface area contributed by atoms with Crippen molar-refractivity contribution in [2.24, 2.45) is 0 Å². The number of piperazine rings is 1. The third-order valence-corrected chi connectivity index (χ3v) is 4.15. The number of aromatic nitrogens is 2. The Morgan fingerprint density at radius 1 is 1.39 bits per heavy atom. The van der Waals surface area contributed by atoms with Crippen LogP contribution in [-0.2, 0) is 0 Å². The lowest BCUT2D eigenvalue weighted by atomic mass is 10.2. The van der Waals surface area contributed by atoms with Gasteiger partial charge in [0.2, 0.25) is 0 Å². The summed E-state index contributed by atoms with van der Waals surface area (Å²) in [4.78, 5) is 14.5. The van der Waals surface area contributed by atoms with Crippen LogP contribution in [0.25, 0.3) is 5.69 Å². The zero-order chi connectivity index (χ0) is 16.4. The van der Waals surface area contributed by atoms with Gasteiger partial charge in [-0.25, -0.2) is 4.68 Å². The normalized spacial score (nSPS) is 18.0. The average molecular weight is 314 g/mol. The molecule has 3 rings (SSSR count). The Morgan fingerprint density at radius 3 is 2.96 bits per heavy atom. The number of nitrogens with one attached hydrogen (secondary N) is 1. The number of hydrogen-bond donors (Lipinski definition) is 1. The van der Waals surface area contributed by atoms with Crippen LogP contribution in [0.1, 0.15) is 23.0 Å². The van der Waals surface area contributed by atoms with E-state index >= 15 is 0 Å². The zero-order valence-electron chi connectivity index (χ0n) is 13.7. The van der Waals surface area contributed by atoms with Crippen molar-refractivity contribution in [2.75, 3.05) is 26.7 Å². The van der Waals surface area contributed by atoms with E-state index in [-0.39, 0.29) is 11.9 Å². The molecule has 1 atom stereocenters. The van der Waals surface area contributed by atoms with Crippen LogP contribution in [-0.4, -0.2) is 53.4 Å². The Bertz CT molecular complexity index is 710. The number of carbonyl (C=O) groups excluding carboxylic acids is 1. The molecule has 6 heteroatoms. The van der Waals surface area contributed by atoms with Crippen molar-refractivity contribution in [3.8, 4) is 11.4 Å². The Labute approximate surface area is 136 Å². The van der Waals surface area contributed by atoms with Crippen LogP contribution in [0.3, 0.4) is 0 Å². The largest absolute Gasteiger partial charge is 0.494 e. The fourth-order valence-corrected chi connectivity index (χ4v) is 2.84. The van der Waals surface area contributed by atoms with Crippen molar-refractivity contribution >= 4 is 5.91 Å². The molecular formula is C17H22N4O2. The third-order valence-electron chi connectivity index (χ3n) is 4.15. The minimum Gasteiger partial charge on any atom is -0.494 e. The molecule has 0 aliphatic carbocycles. The predicted octanol–water partition coefficient (Wildman–Crippen LogP) is 1.62. The molecule has 0 saturated carbocycles. The molecule has 0 radical (unpaired) electrons. The number of nitrogens with zero attached hydrogens (tertiary/aromatic N) is 3. The van der Waals surface area contributed by atoms with E-state index in [0.29, 0.717) is 12.2 Å². The highest BCUT2D eigenvalue weighted by molar-refractivity contribution is 5.92. The highest BCUT2D eigenvalue weighted by Crippen LogP contribution is 2.23. The van der Waals surface area contributed by atoms with Crippen LogP contribution in [0.4, 0.5) is 0 Å². The molecule has 1 saturated heterocycles. The van der Waals surface area contributed by atoms with E-state index in [4.69, 9.17) is 4.74 Å². The molecule has 0 bridgehead atoms. The molecular weight excluding hydrogens is 292 g/mol. The van der Waals surface area contributed by atoms with Gasteiger partial charge >= 0.3 is 0 Å². The Morgan fingerprint density at radius 2 is 2.22 bits per heavy atom. The van der Waals surface area contributed by atoms with Crippen molar-refractivity contribution in [1.29, 1.82) is 0 Å². The number of hydrogen-bond acceptors (Lipinski definition) is 4. The third kappa shape index (κ3) is 3.07. The predicted molar refractivity (Wildman–Crippen MR) is 88.2 cm³/mol. The van der Waals surface area contributed by atoms with Crippen molar-refractivity contribution in [3.05, 3.63) is 41.7 Å². The summed E-state index contributed by atoms with van der Waals surface area (Å²) < 4.78 is 7.09. The van der Waals surface area contributed by atoms with Gasteiger partial charge in [-0.3, -0.25) is 4.79 Å². The molecule has 1 amide bonds. The summed E-state index contributed by atoms with van der Waals surface area (Å²) in [5.74, 6) is 0.706. The van der Waals surface area contributed by atoms with E-state index in [2.05, 4.69) is 10.4 Å². The molecule has 1 fully saturated rings. The minimum absolute atomic E-state index is 0.0237. The fourth-order valence-electron chi connectivity index (χ4n) is 2.84. The molecule has 122 valence electrons. The Hall–Kier alpha value is -2.34. The Balaban J connectivity index is 1.88. The van der Waals surface area contributed by atoms with E-state index in [9.17, 15) is 4.79 Å². The van der Waals surface area contributed by atoms with Crippen molar-refractivity contribution in [3.63, 3.8) is 0 Å². The molecule has 1 aliphatic rings. The van der Waals surface area contributed by atoms with Crippen LogP contribution in [0.2, 0.25) is 0 Å². The van der Waals surface area contributed by atoms with Crippen molar-refractivity contribution < 1.29 is 9.53 Å². The Kier molecular flexibility index (Phi) is 4.34. The van der Waals surface area contributed by atoms with E-state index in [1.54, 1.807) is 24.1 Å². The first-order valence-electron chi connectivity index (χ1n) is 7.82. The maximum Gasteiger partial charge on any atom is 0.274 e. The maximum atomic E-state index is 12.7. The van der Waals surface area contributed by atoms with Crippen molar-refractivity contribution in [1.82, 2.24) is 20.0 Å². The van der Waals surface area contributed by atoms with Crippen LogP contribution in [0.15, 0.2) is 30.5 Å². The van der Waals surface area contributed by atoms with E-state index in [0.717, 1.165) is 30.1 Å². The van der Waals surface area contributed by atoms with Crippen LogP contribution in [0.5, 0.6) is 5.75 Å². The SMILES string of the molecule is COc1ccc(C)cc1-n1ccc(C(=O)N2CCNC[C@@H]2C)n1. The van der Waals surface area contributed by atoms with Gasteiger partial charge in [0.25, 0.3) is 5.91 Å². The number of carbonyl (C=O) groups is 1. The van der Waals surface area contributed by atoms with E-state index in [1.807, 2.05) is 36.9 Å². The molecule has 1 aromatic carbocycles. The van der Waals surface area contributed by atoms with E-state index in [1.165, 1.54) is 0 Å². The summed E-state index contributed by atoms with van der Waals surface area (Å²) in [6.45, 7) is 6.41. The lowest BCUT2D eigenvalue weighted by Crippen LogP contribution is -2.52. The van der Waals surface area contributed by atoms with Gasteiger partial charge in [0.1, 0.15) is 11.4 Å². The first kappa shape index (κ1) is 15.6. The topological polar surface area (TPSA) is 59.4 Å². The van der Waals surface area contributed by atoms with Gasteiger partial charge in [-0.2, -0.15) is 5.10 Å². The molecule has 2 heterocycles. The maximum absolute atomic E-state index is 12.7. The number of benzene rings is 1. The van der Waals surface area contributed by atoms with E-state index < -0.39 is 0 Å². The summed E-state index contributed by atoms with van der Waals surface area (Å²) in [6, 6.07) is 7.83. The first-order chi connectivity index (χ1) is 11.1. The summed E-state index contributed by atoms with van der Waals surface area (Å²) >= 11 is 0. The molecule has 6 nitrogen and oxygen atoms in total. The van der Waals surface area contributed by atoms with Gasteiger partial charge in [-0.1, -0.05) is 6.07 Å². The summed E-state index contributed by atoms with van der Waals surface area (Å²) in [5.41, 5.74) is 2.40. The zero-order valence-corrected chi connectivity index (χ0v) is 13.7. The number of methoxy groups -OCH3 is 1. The van der Waals surface area contributed by atoms with Crippen LogP contribution < -0.4 is 10.1 Å². The van der Waals surface area contributed by atoms with Crippen LogP contribution >= 0.6 is 0 Å². The number of aryl methyl sites for hydroxylation is 1. The first-order valence-corrected chi connectivity index (χ1v) is 7.82. The summed E-state index contributed by atoms with van der Waals surface area (Å²) in [7, 11) is 1.63. The molecule has 1 N–H and O–H groups in total. The second-order valence-electron chi connectivity index (χ2n) is 5.87. The summed E-state index contributed by atoms with van der Waals surface area (Å²) in [5, 5.41) is 7.75. The van der Waals surface area contributed by atoms with Crippen molar-refractivity contribution in [2.45, 2.75) is 19.9 Å². The van der Waals surface area contributed by atoms with Gasteiger partial charge in [0.15, 0.2) is 5.69 Å². The molecule has 0 spiro atoms. The second-order valence-corrected chi connectivity index (χ2v) is 5.87. The van der Waals surface area contributed by atoms with Gasteiger partial charge in [-0.15, -0.1) is 0 Å². The summed E-state index contributed by atoms with van der Waals surface area (Å²) in [6.07, 6.45) is 1.80. The number of ether oxygens (including phenoxy) is 1. The highest BCUT2D eigenvalue weighted by Gasteiger charge is 2.25. The molecule has 0 unspecified atom stereocenters. The minimum atomic E-state index is -0.0237. The number of amides is 1.